The summed E-state index contributed by atoms with van der Waals surface area (Å²) >= 11 is 0. The van der Waals surface area contributed by atoms with Crippen molar-refractivity contribution in [3.05, 3.63) is 35.6 Å². The number of hydrogen-bond donors (Lipinski definition) is 2. The van der Waals surface area contributed by atoms with Gasteiger partial charge in [0.2, 0.25) is 5.91 Å². The van der Waals surface area contributed by atoms with Gasteiger partial charge in [0.15, 0.2) is 0 Å². The first-order chi connectivity index (χ1) is 7.61. The smallest absolute Gasteiger partial charge is 0.316 e. The van der Waals surface area contributed by atoms with Gasteiger partial charge in [0.25, 0.3) is 0 Å². The fraction of sp³-hybridized carbons (Fsp3) is 0.273. The van der Waals surface area contributed by atoms with Gasteiger partial charge in [-0.15, -0.1) is 0 Å². The predicted octanol–water partition coefficient (Wildman–Crippen LogP) is 0.740. The van der Waals surface area contributed by atoms with Crippen LogP contribution in [0, 0.1) is 11.7 Å². The van der Waals surface area contributed by atoms with E-state index in [9.17, 15) is 14.0 Å². The van der Waals surface area contributed by atoms with Gasteiger partial charge in [0, 0.05) is 12.5 Å². The van der Waals surface area contributed by atoms with Crippen molar-refractivity contribution in [2.24, 2.45) is 5.92 Å². The number of hydrogen-bond acceptors (Lipinski definition) is 2. The average molecular weight is 223 g/mol. The Morgan fingerprint density at radius 1 is 1.44 bits per heavy atom. The summed E-state index contributed by atoms with van der Waals surface area (Å²) in [7, 11) is 0. The highest BCUT2D eigenvalue weighted by Gasteiger charge is 2.41. The highest BCUT2D eigenvalue weighted by Crippen LogP contribution is 2.30. The molecule has 84 valence electrons. The Labute approximate surface area is 91.1 Å². The number of carbonyl (C=O) groups excluding carboxylic acids is 1. The first-order valence-electron chi connectivity index (χ1n) is 4.86. The Bertz CT molecular complexity index is 447. The zero-order valence-corrected chi connectivity index (χ0v) is 8.31. The van der Waals surface area contributed by atoms with E-state index in [0.29, 0.717) is 0 Å². The third-order valence-corrected chi connectivity index (χ3v) is 2.75. The molecule has 16 heavy (non-hydrogen) atoms. The van der Waals surface area contributed by atoms with E-state index < -0.39 is 29.5 Å². The summed E-state index contributed by atoms with van der Waals surface area (Å²) in [5.41, 5.74) is 0.272. The van der Waals surface area contributed by atoms with E-state index >= 15 is 0 Å². The number of amides is 1. The summed E-state index contributed by atoms with van der Waals surface area (Å²) in [6.45, 7) is 0.163. The maximum absolute atomic E-state index is 13.5. The molecule has 1 aromatic carbocycles. The molecule has 1 aromatic rings. The van der Waals surface area contributed by atoms with Crippen molar-refractivity contribution in [3.63, 3.8) is 0 Å². The molecule has 2 N–H and O–H groups in total. The minimum Gasteiger partial charge on any atom is -0.481 e. The number of nitrogens with one attached hydrogen (secondary N) is 1. The summed E-state index contributed by atoms with van der Waals surface area (Å²) in [6, 6.07) is 5.92. The molecule has 1 saturated heterocycles. The third-order valence-electron chi connectivity index (χ3n) is 2.75. The average Bonchev–Trinajstić information content (AvgIpc) is 2.61. The number of aliphatic carboxylic acids is 1. The molecule has 0 unspecified atom stereocenters. The lowest BCUT2D eigenvalue weighted by molar-refractivity contribution is -0.145. The van der Waals surface area contributed by atoms with Crippen LogP contribution in [-0.4, -0.2) is 23.5 Å². The van der Waals surface area contributed by atoms with Gasteiger partial charge in [0.05, 0.1) is 0 Å². The van der Waals surface area contributed by atoms with Crippen LogP contribution < -0.4 is 5.32 Å². The molecule has 1 amide bonds. The summed E-state index contributed by atoms with van der Waals surface area (Å²) < 4.78 is 13.5. The second kappa shape index (κ2) is 3.92. The SMILES string of the molecule is O=C(O)[C@H]1C(=O)NC[C@H]1c1ccccc1F. The minimum absolute atomic E-state index is 0.163. The van der Waals surface area contributed by atoms with Crippen molar-refractivity contribution in [1.29, 1.82) is 0 Å². The Morgan fingerprint density at radius 2 is 2.12 bits per heavy atom. The van der Waals surface area contributed by atoms with Crippen molar-refractivity contribution in [1.82, 2.24) is 5.32 Å². The normalized spacial score (nSPS) is 24.2. The molecule has 1 fully saturated rings. The van der Waals surface area contributed by atoms with E-state index in [1.54, 1.807) is 6.07 Å². The molecule has 2 rings (SSSR count). The highest BCUT2D eigenvalue weighted by atomic mass is 19.1. The van der Waals surface area contributed by atoms with Gasteiger partial charge in [-0.2, -0.15) is 0 Å². The Kier molecular flexibility index (Phi) is 2.60. The molecule has 0 spiro atoms. The molecular formula is C11H10FNO3. The quantitative estimate of drug-likeness (QED) is 0.727. The molecule has 1 aliphatic heterocycles. The zero-order chi connectivity index (χ0) is 11.7. The number of carbonyl (C=O) groups is 2. The molecule has 0 bridgehead atoms. The Balaban J connectivity index is 2.38. The lowest BCUT2D eigenvalue weighted by Gasteiger charge is -2.13. The Hall–Kier alpha value is -1.91. The molecular weight excluding hydrogens is 213 g/mol. The van der Waals surface area contributed by atoms with E-state index in [2.05, 4.69) is 5.32 Å². The second-order valence-electron chi connectivity index (χ2n) is 3.69. The molecule has 0 aromatic heterocycles. The van der Waals surface area contributed by atoms with E-state index in [4.69, 9.17) is 5.11 Å². The first-order valence-corrected chi connectivity index (χ1v) is 4.86. The van der Waals surface area contributed by atoms with E-state index in [1.807, 2.05) is 0 Å². The summed E-state index contributed by atoms with van der Waals surface area (Å²) in [5.74, 6) is -4.08. The van der Waals surface area contributed by atoms with Crippen molar-refractivity contribution in [3.8, 4) is 0 Å². The predicted molar refractivity (Wildman–Crippen MR) is 53.3 cm³/mol. The zero-order valence-electron chi connectivity index (χ0n) is 8.31. The summed E-state index contributed by atoms with van der Waals surface area (Å²) in [6.07, 6.45) is 0. The van der Waals surface area contributed by atoms with Crippen molar-refractivity contribution < 1.29 is 19.1 Å². The van der Waals surface area contributed by atoms with Gasteiger partial charge in [-0.3, -0.25) is 9.59 Å². The largest absolute Gasteiger partial charge is 0.481 e. The van der Waals surface area contributed by atoms with Crippen LogP contribution in [0.5, 0.6) is 0 Å². The molecule has 1 heterocycles. The lowest BCUT2D eigenvalue weighted by atomic mass is 9.88. The lowest BCUT2D eigenvalue weighted by Crippen LogP contribution is -2.27. The summed E-state index contributed by atoms with van der Waals surface area (Å²) in [4.78, 5) is 22.2. The first kappa shape index (κ1) is 10.6. The van der Waals surface area contributed by atoms with Crippen LogP contribution in [0.4, 0.5) is 4.39 Å². The topological polar surface area (TPSA) is 66.4 Å². The Morgan fingerprint density at radius 3 is 2.75 bits per heavy atom. The van der Waals surface area contributed by atoms with Crippen molar-refractivity contribution in [2.75, 3.05) is 6.54 Å². The van der Waals surface area contributed by atoms with E-state index in [1.165, 1.54) is 18.2 Å². The van der Waals surface area contributed by atoms with Crippen LogP contribution in [0.1, 0.15) is 11.5 Å². The number of halogens is 1. The summed E-state index contributed by atoms with van der Waals surface area (Å²) in [5, 5.41) is 11.4. The molecule has 0 aliphatic carbocycles. The number of rotatable bonds is 2. The van der Waals surface area contributed by atoms with Gasteiger partial charge >= 0.3 is 5.97 Å². The molecule has 0 radical (unpaired) electrons. The van der Waals surface area contributed by atoms with E-state index in [-0.39, 0.29) is 12.1 Å². The number of carboxylic acids is 1. The van der Waals surface area contributed by atoms with Crippen LogP contribution in [-0.2, 0) is 9.59 Å². The molecule has 5 heteroatoms. The highest BCUT2D eigenvalue weighted by molar-refractivity contribution is 5.99. The fourth-order valence-corrected chi connectivity index (χ4v) is 1.97. The van der Waals surface area contributed by atoms with E-state index in [0.717, 1.165) is 0 Å². The maximum Gasteiger partial charge on any atom is 0.316 e. The third kappa shape index (κ3) is 1.64. The monoisotopic (exact) mass is 223 g/mol. The minimum atomic E-state index is -1.22. The van der Waals surface area contributed by atoms with Crippen LogP contribution in [0.3, 0.4) is 0 Å². The van der Waals surface area contributed by atoms with Crippen LogP contribution in [0.25, 0.3) is 0 Å². The van der Waals surface area contributed by atoms with Gasteiger partial charge in [0.1, 0.15) is 11.7 Å². The van der Waals surface area contributed by atoms with Gasteiger partial charge in [-0.05, 0) is 11.6 Å². The number of benzene rings is 1. The van der Waals surface area contributed by atoms with Crippen molar-refractivity contribution in [2.45, 2.75) is 5.92 Å². The molecule has 4 nitrogen and oxygen atoms in total. The van der Waals surface area contributed by atoms with Gasteiger partial charge in [-0.1, -0.05) is 18.2 Å². The van der Waals surface area contributed by atoms with Gasteiger partial charge < -0.3 is 10.4 Å². The maximum atomic E-state index is 13.5. The van der Waals surface area contributed by atoms with Crippen LogP contribution in [0.15, 0.2) is 24.3 Å². The van der Waals surface area contributed by atoms with Crippen LogP contribution >= 0.6 is 0 Å². The van der Waals surface area contributed by atoms with Gasteiger partial charge in [-0.25, -0.2) is 4.39 Å². The standard InChI is InChI=1S/C11H10FNO3/c12-8-4-2-1-3-6(8)7-5-13-10(14)9(7)11(15)16/h1-4,7,9H,5H2,(H,13,14)(H,15,16)/t7-,9+/m0/s1. The molecule has 1 aliphatic rings. The fourth-order valence-electron chi connectivity index (χ4n) is 1.97. The van der Waals surface area contributed by atoms with Crippen molar-refractivity contribution >= 4 is 11.9 Å². The second-order valence-corrected chi connectivity index (χ2v) is 3.69. The molecule has 0 saturated carbocycles. The van der Waals surface area contributed by atoms with Crippen LogP contribution in [0.2, 0.25) is 0 Å². The molecule has 2 atom stereocenters. The number of carboxylic acid groups (broad SMARTS) is 1.